The molecule has 2 rings (SSSR count). The van der Waals surface area contributed by atoms with Gasteiger partial charge in [0, 0.05) is 17.0 Å². The Bertz CT molecular complexity index is 718. The molecule has 0 amide bonds. The van der Waals surface area contributed by atoms with E-state index < -0.39 is 11.6 Å². The van der Waals surface area contributed by atoms with Crippen molar-refractivity contribution in [3.8, 4) is 11.5 Å². The number of carbonyl (C=O) groups excluding carboxylic acids is 2. The molecule has 0 aromatic heterocycles. The number of ketones is 1. The molecule has 24 heavy (non-hydrogen) atoms. The first-order valence-electron chi connectivity index (χ1n) is 7.62. The third kappa shape index (κ3) is 4.59. The van der Waals surface area contributed by atoms with Crippen molar-refractivity contribution in [2.75, 3.05) is 0 Å². The summed E-state index contributed by atoms with van der Waals surface area (Å²) in [7, 11) is 0. The van der Waals surface area contributed by atoms with Crippen molar-refractivity contribution in [1.82, 2.24) is 0 Å². The first-order valence-corrected chi connectivity index (χ1v) is 8.00. The normalized spacial score (nSPS) is 11.0. The monoisotopic (exact) mass is 346 g/mol. The first kappa shape index (κ1) is 18.0. The molecule has 5 heteroatoms. The second kappa shape index (κ2) is 7.49. The summed E-state index contributed by atoms with van der Waals surface area (Å²) in [4.78, 5) is 23.9. The van der Waals surface area contributed by atoms with Crippen LogP contribution in [0.3, 0.4) is 0 Å². The fourth-order valence-electron chi connectivity index (χ4n) is 1.98. The zero-order valence-corrected chi connectivity index (χ0v) is 14.6. The molecule has 0 bridgehead atoms. The zero-order valence-electron chi connectivity index (χ0n) is 13.8. The molecular weight excluding hydrogens is 328 g/mol. The van der Waals surface area contributed by atoms with Crippen LogP contribution >= 0.6 is 11.6 Å². The molecule has 0 spiro atoms. The molecule has 0 aliphatic carbocycles. The Morgan fingerprint density at radius 2 is 1.50 bits per heavy atom. The molecule has 0 N–H and O–H groups in total. The molecule has 2 aromatic carbocycles. The lowest BCUT2D eigenvalue weighted by molar-refractivity contribution is -0.149. The highest BCUT2D eigenvalue weighted by molar-refractivity contribution is 6.30. The van der Waals surface area contributed by atoms with Crippen LogP contribution in [0.5, 0.6) is 11.5 Å². The number of hydrogen-bond donors (Lipinski definition) is 0. The van der Waals surface area contributed by atoms with Crippen molar-refractivity contribution < 1.29 is 19.1 Å². The molecule has 0 saturated heterocycles. The van der Waals surface area contributed by atoms with Crippen molar-refractivity contribution in [3.63, 3.8) is 0 Å². The van der Waals surface area contributed by atoms with E-state index in [0.717, 1.165) is 0 Å². The second-order valence-electron chi connectivity index (χ2n) is 5.76. The Kier molecular flexibility index (Phi) is 5.62. The number of esters is 1. The molecule has 126 valence electrons. The molecule has 0 heterocycles. The van der Waals surface area contributed by atoms with Gasteiger partial charge in [-0.25, -0.2) is 4.79 Å². The Morgan fingerprint density at radius 1 is 0.958 bits per heavy atom. The van der Waals surface area contributed by atoms with Crippen LogP contribution in [0.1, 0.15) is 37.6 Å². The lowest BCUT2D eigenvalue weighted by Gasteiger charge is -2.24. The minimum absolute atomic E-state index is 0.0410. The van der Waals surface area contributed by atoms with Crippen molar-refractivity contribution >= 4 is 23.4 Å². The van der Waals surface area contributed by atoms with E-state index in [9.17, 15) is 9.59 Å². The number of hydrogen-bond acceptors (Lipinski definition) is 4. The highest BCUT2D eigenvalue weighted by Crippen LogP contribution is 2.23. The SMILES string of the molecule is CCC(=O)c1ccc(OC(=O)C(C)(C)Oc2ccc(Cl)cc2)cc1. The quantitative estimate of drug-likeness (QED) is 0.432. The lowest BCUT2D eigenvalue weighted by Crippen LogP contribution is -2.41. The van der Waals surface area contributed by atoms with E-state index in [4.69, 9.17) is 21.1 Å². The highest BCUT2D eigenvalue weighted by atomic mass is 35.5. The van der Waals surface area contributed by atoms with Gasteiger partial charge in [0.25, 0.3) is 0 Å². The number of carbonyl (C=O) groups is 2. The second-order valence-corrected chi connectivity index (χ2v) is 6.19. The first-order chi connectivity index (χ1) is 11.3. The minimum atomic E-state index is -1.17. The van der Waals surface area contributed by atoms with Crippen molar-refractivity contribution in [3.05, 3.63) is 59.1 Å². The summed E-state index contributed by atoms with van der Waals surface area (Å²) >= 11 is 5.83. The van der Waals surface area contributed by atoms with Gasteiger partial charge in [0.1, 0.15) is 11.5 Å². The number of rotatable bonds is 6. The van der Waals surface area contributed by atoms with Gasteiger partial charge < -0.3 is 9.47 Å². The molecule has 4 nitrogen and oxygen atoms in total. The Hall–Kier alpha value is -2.33. The van der Waals surface area contributed by atoms with Crippen LogP contribution < -0.4 is 9.47 Å². The fourth-order valence-corrected chi connectivity index (χ4v) is 2.11. The van der Waals surface area contributed by atoms with E-state index in [2.05, 4.69) is 0 Å². The van der Waals surface area contributed by atoms with E-state index in [1.807, 2.05) is 0 Å². The van der Waals surface area contributed by atoms with Crippen molar-refractivity contribution in [1.29, 1.82) is 0 Å². The smallest absolute Gasteiger partial charge is 0.355 e. The molecule has 0 unspecified atom stereocenters. The summed E-state index contributed by atoms with van der Waals surface area (Å²) in [5.41, 5.74) is -0.583. The van der Waals surface area contributed by atoms with Gasteiger partial charge in [-0.05, 0) is 62.4 Å². The third-order valence-electron chi connectivity index (χ3n) is 3.39. The average Bonchev–Trinajstić information content (AvgIpc) is 2.56. The highest BCUT2D eigenvalue weighted by Gasteiger charge is 2.32. The maximum Gasteiger partial charge on any atom is 0.355 e. The Balaban J connectivity index is 2.04. The molecule has 0 atom stereocenters. The molecular formula is C19H19ClO4. The number of Topliss-reactive ketones (excluding diaryl/α,β-unsaturated/α-hetero) is 1. The van der Waals surface area contributed by atoms with Crippen LogP contribution in [0.4, 0.5) is 0 Å². The van der Waals surface area contributed by atoms with E-state index >= 15 is 0 Å². The average molecular weight is 347 g/mol. The number of benzene rings is 2. The maximum atomic E-state index is 12.3. The lowest BCUT2D eigenvalue weighted by atomic mass is 10.1. The molecule has 0 radical (unpaired) electrons. The number of ether oxygens (including phenoxy) is 2. The summed E-state index contributed by atoms with van der Waals surface area (Å²) in [6, 6.07) is 13.2. The van der Waals surface area contributed by atoms with Gasteiger partial charge in [-0.3, -0.25) is 4.79 Å². The van der Waals surface area contributed by atoms with Crippen molar-refractivity contribution in [2.24, 2.45) is 0 Å². The van der Waals surface area contributed by atoms with Crippen molar-refractivity contribution in [2.45, 2.75) is 32.8 Å². The third-order valence-corrected chi connectivity index (χ3v) is 3.64. The van der Waals surface area contributed by atoms with E-state index in [1.54, 1.807) is 69.3 Å². The van der Waals surface area contributed by atoms with Crippen LogP contribution in [0.25, 0.3) is 0 Å². The minimum Gasteiger partial charge on any atom is -0.476 e. The van der Waals surface area contributed by atoms with Gasteiger partial charge in [-0.2, -0.15) is 0 Å². The van der Waals surface area contributed by atoms with Gasteiger partial charge in [-0.1, -0.05) is 18.5 Å². The fraction of sp³-hybridized carbons (Fsp3) is 0.263. The van der Waals surface area contributed by atoms with E-state index in [-0.39, 0.29) is 5.78 Å². The molecule has 0 fully saturated rings. The van der Waals surface area contributed by atoms with Crippen LogP contribution in [0, 0.1) is 0 Å². The van der Waals surface area contributed by atoms with Crippen LogP contribution in [0.2, 0.25) is 5.02 Å². The summed E-state index contributed by atoms with van der Waals surface area (Å²) in [6.07, 6.45) is 0.432. The number of halogens is 1. The van der Waals surface area contributed by atoms with E-state index in [0.29, 0.717) is 28.5 Å². The Morgan fingerprint density at radius 3 is 2.04 bits per heavy atom. The predicted octanol–water partition coefficient (Wildman–Crippen LogP) is 4.70. The summed E-state index contributed by atoms with van der Waals surface area (Å²) in [5, 5.41) is 0.587. The molecule has 2 aromatic rings. The van der Waals surface area contributed by atoms with Gasteiger partial charge in [-0.15, -0.1) is 0 Å². The molecule has 0 aliphatic heterocycles. The largest absolute Gasteiger partial charge is 0.476 e. The molecule has 0 saturated carbocycles. The van der Waals surface area contributed by atoms with Gasteiger partial charge in [0.05, 0.1) is 0 Å². The van der Waals surface area contributed by atoms with Gasteiger partial charge >= 0.3 is 5.97 Å². The summed E-state index contributed by atoms with van der Waals surface area (Å²) in [6.45, 7) is 5.05. The van der Waals surface area contributed by atoms with Gasteiger partial charge in [0.15, 0.2) is 5.78 Å². The predicted molar refractivity (Wildman–Crippen MR) is 92.9 cm³/mol. The van der Waals surface area contributed by atoms with Crippen LogP contribution in [-0.2, 0) is 4.79 Å². The zero-order chi connectivity index (χ0) is 17.7. The standard InChI is InChI=1S/C19H19ClO4/c1-4-17(21)13-5-9-15(10-6-13)23-18(22)19(2,3)24-16-11-7-14(20)8-12-16/h5-12H,4H2,1-3H3. The topological polar surface area (TPSA) is 52.6 Å². The van der Waals surface area contributed by atoms with Crippen LogP contribution in [0.15, 0.2) is 48.5 Å². The molecule has 0 aliphatic rings. The summed E-state index contributed by atoms with van der Waals surface area (Å²) in [5.74, 6) is 0.386. The maximum absolute atomic E-state index is 12.3. The van der Waals surface area contributed by atoms with E-state index in [1.165, 1.54) is 0 Å². The Labute approximate surface area is 146 Å². The van der Waals surface area contributed by atoms with Crippen LogP contribution in [-0.4, -0.2) is 17.4 Å². The van der Waals surface area contributed by atoms with Gasteiger partial charge in [0.2, 0.25) is 5.60 Å². The summed E-state index contributed by atoms with van der Waals surface area (Å²) < 4.78 is 11.0.